The molecule has 1 aromatic heterocycles. The van der Waals surface area contributed by atoms with Crippen LogP contribution in [0.15, 0.2) is 54.6 Å². The summed E-state index contributed by atoms with van der Waals surface area (Å²) in [5.41, 5.74) is 9.63. The third kappa shape index (κ3) is 3.13. The summed E-state index contributed by atoms with van der Waals surface area (Å²) in [4.78, 5) is 0. The maximum atomic E-state index is 9.38. The van der Waals surface area contributed by atoms with Crippen molar-refractivity contribution in [2.24, 2.45) is 5.73 Å². The molecule has 0 aliphatic carbocycles. The number of aromatic nitrogens is 2. The summed E-state index contributed by atoms with van der Waals surface area (Å²) in [6.07, 6.45) is 0.704. The number of phenols is 1. The highest BCUT2D eigenvalue weighted by Crippen LogP contribution is 2.19. The van der Waals surface area contributed by atoms with Gasteiger partial charge in [-0.3, -0.25) is 0 Å². The Hall–Kier alpha value is -2.30. The van der Waals surface area contributed by atoms with Gasteiger partial charge >= 0.3 is 0 Å². The zero-order valence-corrected chi connectivity index (χ0v) is 12.7. The SMILES string of the molecule is NCc1cc(Cc2ccc(O)cc2)n(-c2ccc(Cl)cc2)n1. The number of halogens is 1. The number of rotatable bonds is 4. The van der Waals surface area contributed by atoms with Crippen LogP contribution in [0.4, 0.5) is 0 Å². The molecular formula is C17H16ClN3O. The number of hydrogen-bond donors (Lipinski definition) is 2. The Morgan fingerprint density at radius 1 is 1.05 bits per heavy atom. The average molecular weight is 314 g/mol. The normalized spacial score (nSPS) is 10.8. The Kier molecular flexibility index (Phi) is 4.13. The third-order valence-electron chi connectivity index (χ3n) is 3.44. The van der Waals surface area contributed by atoms with Gasteiger partial charge in [-0.15, -0.1) is 0 Å². The number of hydrogen-bond acceptors (Lipinski definition) is 3. The molecule has 0 aliphatic heterocycles. The van der Waals surface area contributed by atoms with Crippen molar-refractivity contribution in [3.05, 3.63) is 76.6 Å². The molecule has 0 atom stereocenters. The molecule has 1 heterocycles. The molecule has 5 heteroatoms. The molecule has 0 amide bonds. The summed E-state index contributed by atoms with van der Waals surface area (Å²) >= 11 is 5.94. The molecule has 0 bridgehead atoms. The van der Waals surface area contributed by atoms with Crippen LogP contribution in [0.25, 0.3) is 5.69 Å². The molecule has 3 N–H and O–H groups in total. The minimum atomic E-state index is 0.262. The van der Waals surface area contributed by atoms with E-state index in [0.29, 0.717) is 18.0 Å². The molecule has 4 nitrogen and oxygen atoms in total. The minimum absolute atomic E-state index is 0.262. The van der Waals surface area contributed by atoms with Gasteiger partial charge in [0.25, 0.3) is 0 Å². The lowest BCUT2D eigenvalue weighted by atomic mass is 10.1. The molecule has 0 aliphatic rings. The first-order valence-corrected chi connectivity index (χ1v) is 7.35. The number of nitrogens with zero attached hydrogens (tertiary/aromatic N) is 2. The molecule has 0 unspecified atom stereocenters. The fourth-order valence-electron chi connectivity index (χ4n) is 2.33. The van der Waals surface area contributed by atoms with Crippen molar-refractivity contribution in [3.63, 3.8) is 0 Å². The van der Waals surface area contributed by atoms with Gasteiger partial charge in [-0.1, -0.05) is 23.7 Å². The standard InChI is InChI=1S/C17H16ClN3O/c18-13-3-5-15(6-4-13)21-16(10-14(11-19)20-21)9-12-1-7-17(22)8-2-12/h1-8,10,22H,9,11,19H2. The van der Waals surface area contributed by atoms with Gasteiger partial charge in [0.05, 0.1) is 11.4 Å². The Balaban J connectivity index is 1.97. The Morgan fingerprint density at radius 2 is 1.73 bits per heavy atom. The van der Waals surface area contributed by atoms with Crippen LogP contribution in [0.5, 0.6) is 5.75 Å². The third-order valence-corrected chi connectivity index (χ3v) is 3.69. The Bertz CT molecular complexity index is 764. The van der Waals surface area contributed by atoms with Gasteiger partial charge in [-0.2, -0.15) is 5.10 Å². The van der Waals surface area contributed by atoms with E-state index in [-0.39, 0.29) is 5.75 Å². The number of aromatic hydroxyl groups is 1. The predicted octanol–water partition coefficient (Wildman–Crippen LogP) is 3.28. The Labute approximate surface area is 133 Å². The van der Waals surface area contributed by atoms with Crippen LogP contribution < -0.4 is 5.73 Å². The first-order valence-electron chi connectivity index (χ1n) is 6.97. The second kappa shape index (κ2) is 6.22. The van der Waals surface area contributed by atoms with Crippen LogP contribution in [-0.4, -0.2) is 14.9 Å². The van der Waals surface area contributed by atoms with Gasteiger partial charge in [0.2, 0.25) is 0 Å². The van der Waals surface area contributed by atoms with Gasteiger partial charge in [0.15, 0.2) is 0 Å². The predicted molar refractivity (Wildman–Crippen MR) is 87.4 cm³/mol. The zero-order chi connectivity index (χ0) is 15.5. The van der Waals surface area contributed by atoms with Crippen molar-refractivity contribution in [2.75, 3.05) is 0 Å². The van der Waals surface area contributed by atoms with Crippen LogP contribution in [0.2, 0.25) is 5.02 Å². The van der Waals surface area contributed by atoms with Gasteiger partial charge in [-0.25, -0.2) is 4.68 Å². The lowest BCUT2D eigenvalue weighted by Gasteiger charge is -2.08. The van der Waals surface area contributed by atoms with Crippen LogP contribution in [0.1, 0.15) is 17.0 Å². The van der Waals surface area contributed by atoms with Crippen molar-refractivity contribution in [2.45, 2.75) is 13.0 Å². The molecular weight excluding hydrogens is 298 g/mol. The van der Waals surface area contributed by atoms with Crippen LogP contribution in [0.3, 0.4) is 0 Å². The maximum absolute atomic E-state index is 9.38. The van der Waals surface area contributed by atoms with Crippen molar-refractivity contribution < 1.29 is 5.11 Å². The van der Waals surface area contributed by atoms with Crippen LogP contribution in [0, 0.1) is 0 Å². The van der Waals surface area contributed by atoms with Crippen molar-refractivity contribution in [1.82, 2.24) is 9.78 Å². The summed E-state index contributed by atoms with van der Waals surface area (Å²) < 4.78 is 1.88. The van der Waals surface area contributed by atoms with E-state index < -0.39 is 0 Å². The fraction of sp³-hybridized carbons (Fsp3) is 0.118. The van der Waals surface area contributed by atoms with Crippen molar-refractivity contribution in [3.8, 4) is 11.4 Å². The van der Waals surface area contributed by atoms with E-state index in [1.165, 1.54) is 0 Å². The van der Waals surface area contributed by atoms with Crippen LogP contribution >= 0.6 is 11.6 Å². The van der Waals surface area contributed by atoms with Gasteiger partial charge in [-0.05, 0) is 48.0 Å². The van der Waals surface area contributed by atoms with E-state index in [1.807, 2.05) is 47.1 Å². The monoisotopic (exact) mass is 313 g/mol. The summed E-state index contributed by atoms with van der Waals surface area (Å²) in [6, 6.07) is 16.7. The van der Waals surface area contributed by atoms with E-state index in [9.17, 15) is 5.11 Å². The van der Waals surface area contributed by atoms with Crippen molar-refractivity contribution >= 4 is 11.6 Å². The van der Waals surface area contributed by atoms with E-state index >= 15 is 0 Å². The van der Waals surface area contributed by atoms with Crippen LogP contribution in [-0.2, 0) is 13.0 Å². The van der Waals surface area contributed by atoms with E-state index in [2.05, 4.69) is 5.10 Å². The first kappa shape index (κ1) is 14.6. The quantitative estimate of drug-likeness (QED) is 0.777. The largest absolute Gasteiger partial charge is 0.508 e. The lowest BCUT2D eigenvalue weighted by Crippen LogP contribution is -2.04. The summed E-state index contributed by atoms with van der Waals surface area (Å²) in [7, 11) is 0. The topological polar surface area (TPSA) is 64.1 Å². The molecule has 22 heavy (non-hydrogen) atoms. The molecule has 0 saturated heterocycles. The second-order valence-corrected chi connectivity index (χ2v) is 5.50. The number of nitrogens with two attached hydrogens (primary N) is 1. The summed E-state index contributed by atoms with van der Waals surface area (Å²) in [6.45, 7) is 0.392. The molecule has 3 rings (SSSR count). The summed E-state index contributed by atoms with van der Waals surface area (Å²) in [5, 5.41) is 14.6. The second-order valence-electron chi connectivity index (χ2n) is 5.06. The number of benzene rings is 2. The highest BCUT2D eigenvalue weighted by molar-refractivity contribution is 6.30. The fourth-order valence-corrected chi connectivity index (χ4v) is 2.46. The molecule has 3 aromatic rings. The van der Waals surface area contributed by atoms with Gasteiger partial charge in [0, 0.05) is 23.7 Å². The molecule has 0 saturated carbocycles. The minimum Gasteiger partial charge on any atom is -0.508 e. The molecule has 0 radical (unpaired) electrons. The highest BCUT2D eigenvalue weighted by atomic mass is 35.5. The smallest absolute Gasteiger partial charge is 0.115 e. The average Bonchev–Trinajstić information content (AvgIpc) is 2.93. The van der Waals surface area contributed by atoms with Gasteiger partial charge in [0.1, 0.15) is 5.75 Å². The van der Waals surface area contributed by atoms with E-state index in [1.54, 1.807) is 12.1 Å². The summed E-state index contributed by atoms with van der Waals surface area (Å²) in [5.74, 6) is 0.262. The maximum Gasteiger partial charge on any atom is 0.115 e. The molecule has 2 aromatic carbocycles. The molecule has 0 fully saturated rings. The zero-order valence-electron chi connectivity index (χ0n) is 11.9. The Morgan fingerprint density at radius 3 is 2.36 bits per heavy atom. The lowest BCUT2D eigenvalue weighted by molar-refractivity contribution is 0.475. The van der Waals surface area contributed by atoms with Gasteiger partial charge < -0.3 is 10.8 Å². The highest BCUT2D eigenvalue weighted by Gasteiger charge is 2.10. The molecule has 0 spiro atoms. The molecule has 112 valence electrons. The number of phenolic OH excluding ortho intramolecular Hbond substituents is 1. The van der Waals surface area contributed by atoms with E-state index in [4.69, 9.17) is 17.3 Å². The van der Waals surface area contributed by atoms with Crippen molar-refractivity contribution in [1.29, 1.82) is 0 Å². The van der Waals surface area contributed by atoms with E-state index in [0.717, 1.165) is 22.6 Å². The first-order chi connectivity index (χ1) is 10.7.